The number of fused-ring (bicyclic) bond motifs is 1. The topological polar surface area (TPSA) is 110 Å². The first-order valence-corrected chi connectivity index (χ1v) is 11.5. The molecule has 0 aliphatic carbocycles. The fourth-order valence-corrected chi connectivity index (χ4v) is 5.41. The number of nitro benzene ring substituents is 1. The molecule has 1 aliphatic rings. The summed E-state index contributed by atoms with van der Waals surface area (Å²) in [6.07, 6.45) is 1.52. The third-order valence-electron chi connectivity index (χ3n) is 5.50. The van der Waals surface area contributed by atoms with Gasteiger partial charge in [0.25, 0.3) is 21.6 Å². The number of anilines is 2. The summed E-state index contributed by atoms with van der Waals surface area (Å²) in [6.45, 7) is 1.91. The number of amides is 1. The van der Waals surface area contributed by atoms with Gasteiger partial charge in [-0.3, -0.25) is 19.2 Å². The van der Waals surface area contributed by atoms with E-state index in [-0.39, 0.29) is 16.1 Å². The minimum absolute atomic E-state index is 0.0117. The molecule has 32 heavy (non-hydrogen) atoms. The lowest BCUT2D eigenvalue weighted by molar-refractivity contribution is -0.385. The van der Waals surface area contributed by atoms with Gasteiger partial charge in [-0.2, -0.15) is 0 Å². The number of hydrogen-bond acceptors (Lipinski definition) is 5. The highest BCUT2D eigenvalue weighted by atomic mass is 32.2. The second-order valence-electron chi connectivity index (χ2n) is 7.50. The number of carbonyl (C=O) groups excluding carboxylic acids is 1. The number of sulfonamides is 1. The molecule has 0 radical (unpaired) electrons. The average Bonchev–Trinajstić information content (AvgIpc) is 2.80. The minimum atomic E-state index is -3.87. The van der Waals surface area contributed by atoms with Crippen LogP contribution in [0.2, 0.25) is 0 Å². The highest BCUT2D eigenvalue weighted by Crippen LogP contribution is 2.32. The molecule has 1 aliphatic heterocycles. The van der Waals surface area contributed by atoms with Crippen LogP contribution in [0.1, 0.15) is 27.9 Å². The van der Waals surface area contributed by atoms with Crippen molar-refractivity contribution in [3.63, 3.8) is 0 Å². The molecule has 4 rings (SSSR count). The Balaban J connectivity index is 1.64. The van der Waals surface area contributed by atoms with Crippen molar-refractivity contribution in [2.75, 3.05) is 16.2 Å². The van der Waals surface area contributed by atoms with Crippen LogP contribution in [0.25, 0.3) is 0 Å². The number of carbonyl (C=O) groups is 1. The SMILES string of the molecule is Cc1c(NC(=O)c2cccc(S(=O)(=O)N3CCCc4ccccc43)c2)cccc1[N+](=O)[O-]. The smallest absolute Gasteiger partial charge is 0.274 e. The van der Waals surface area contributed by atoms with E-state index in [0.29, 0.717) is 29.9 Å². The molecule has 0 bridgehead atoms. The number of nitrogens with zero attached hydrogens (tertiary/aromatic N) is 2. The summed E-state index contributed by atoms with van der Waals surface area (Å²) in [4.78, 5) is 23.4. The van der Waals surface area contributed by atoms with E-state index >= 15 is 0 Å². The van der Waals surface area contributed by atoms with Crippen molar-refractivity contribution >= 4 is 33.0 Å². The molecule has 1 heterocycles. The third kappa shape index (κ3) is 3.94. The first-order chi connectivity index (χ1) is 15.3. The van der Waals surface area contributed by atoms with Crippen LogP contribution in [-0.4, -0.2) is 25.8 Å². The first-order valence-electron chi connectivity index (χ1n) is 10.0. The van der Waals surface area contributed by atoms with Gasteiger partial charge in [0.2, 0.25) is 0 Å². The van der Waals surface area contributed by atoms with Crippen LogP contribution >= 0.6 is 0 Å². The quantitative estimate of drug-likeness (QED) is 0.459. The van der Waals surface area contributed by atoms with Crippen molar-refractivity contribution in [3.05, 3.63) is 93.5 Å². The number of aryl methyl sites for hydroxylation is 1. The van der Waals surface area contributed by atoms with Crippen LogP contribution in [0.3, 0.4) is 0 Å². The zero-order valence-corrected chi connectivity index (χ0v) is 18.1. The Labute approximate surface area is 185 Å². The van der Waals surface area contributed by atoms with Crippen LogP contribution in [0, 0.1) is 17.0 Å². The van der Waals surface area contributed by atoms with Crippen molar-refractivity contribution in [3.8, 4) is 0 Å². The van der Waals surface area contributed by atoms with Gasteiger partial charge < -0.3 is 5.32 Å². The molecule has 0 saturated heterocycles. The summed E-state index contributed by atoms with van der Waals surface area (Å²) in [6, 6.07) is 17.6. The first kappa shape index (κ1) is 21.5. The van der Waals surface area contributed by atoms with Gasteiger partial charge in [0.1, 0.15) is 0 Å². The summed E-state index contributed by atoms with van der Waals surface area (Å²) < 4.78 is 28.1. The Hall–Kier alpha value is -3.72. The van der Waals surface area contributed by atoms with Gasteiger partial charge in [-0.1, -0.05) is 30.3 Å². The van der Waals surface area contributed by atoms with E-state index in [1.54, 1.807) is 25.1 Å². The van der Waals surface area contributed by atoms with Gasteiger partial charge in [-0.15, -0.1) is 0 Å². The number of hydrogen-bond donors (Lipinski definition) is 1. The molecular weight excluding hydrogens is 430 g/mol. The van der Waals surface area contributed by atoms with E-state index in [0.717, 1.165) is 12.0 Å². The zero-order valence-electron chi connectivity index (χ0n) is 17.3. The molecular formula is C23H21N3O5S. The standard InChI is InChI=1S/C23H21N3O5S/c1-16-20(11-5-13-21(16)26(28)29)24-23(27)18-8-4-10-19(15-18)32(30,31)25-14-6-9-17-7-2-3-12-22(17)25/h2-5,7-8,10-13,15H,6,9,14H2,1H3,(H,24,27). The highest BCUT2D eigenvalue weighted by Gasteiger charge is 2.29. The summed E-state index contributed by atoms with van der Waals surface area (Å²) in [5, 5.41) is 13.8. The Kier molecular flexibility index (Phi) is 5.67. The molecule has 8 nitrogen and oxygen atoms in total. The predicted molar refractivity (Wildman–Crippen MR) is 122 cm³/mol. The molecule has 0 aromatic heterocycles. The summed E-state index contributed by atoms with van der Waals surface area (Å²) in [5.41, 5.74) is 2.27. The molecule has 1 amide bonds. The van der Waals surface area contributed by atoms with Crippen molar-refractivity contribution < 1.29 is 18.1 Å². The van der Waals surface area contributed by atoms with E-state index in [9.17, 15) is 23.3 Å². The van der Waals surface area contributed by atoms with E-state index in [1.165, 1.54) is 40.7 Å². The summed E-state index contributed by atoms with van der Waals surface area (Å²) in [7, 11) is -3.87. The second kappa shape index (κ2) is 8.43. The van der Waals surface area contributed by atoms with E-state index < -0.39 is 20.9 Å². The Morgan fingerprint density at radius 2 is 1.81 bits per heavy atom. The molecule has 3 aromatic rings. The number of para-hydroxylation sites is 1. The van der Waals surface area contributed by atoms with Crippen LogP contribution in [0.5, 0.6) is 0 Å². The van der Waals surface area contributed by atoms with Gasteiger partial charge in [-0.25, -0.2) is 8.42 Å². The predicted octanol–water partition coefficient (Wildman–Crippen LogP) is 4.30. The number of nitro groups is 1. The van der Waals surface area contributed by atoms with Gasteiger partial charge in [0, 0.05) is 18.2 Å². The van der Waals surface area contributed by atoms with Crippen LogP contribution in [-0.2, 0) is 16.4 Å². The maximum atomic E-state index is 13.4. The molecule has 9 heteroatoms. The van der Waals surface area contributed by atoms with Crippen molar-refractivity contribution in [1.29, 1.82) is 0 Å². The molecule has 0 spiro atoms. The summed E-state index contributed by atoms with van der Waals surface area (Å²) >= 11 is 0. The molecule has 0 unspecified atom stereocenters. The molecule has 0 fully saturated rings. The van der Waals surface area contributed by atoms with E-state index in [4.69, 9.17) is 0 Å². The van der Waals surface area contributed by atoms with Crippen molar-refractivity contribution in [1.82, 2.24) is 0 Å². The number of nitrogens with one attached hydrogen (secondary N) is 1. The van der Waals surface area contributed by atoms with E-state index in [1.807, 2.05) is 12.1 Å². The maximum absolute atomic E-state index is 13.4. The summed E-state index contributed by atoms with van der Waals surface area (Å²) in [5.74, 6) is -0.551. The maximum Gasteiger partial charge on any atom is 0.274 e. The lowest BCUT2D eigenvalue weighted by atomic mass is 10.0. The zero-order chi connectivity index (χ0) is 22.9. The molecule has 164 valence electrons. The third-order valence-corrected chi connectivity index (χ3v) is 7.31. The largest absolute Gasteiger partial charge is 0.321 e. The monoisotopic (exact) mass is 451 g/mol. The lowest BCUT2D eigenvalue weighted by Gasteiger charge is -2.30. The van der Waals surface area contributed by atoms with Gasteiger partial charge in [-0.05, 0) is 55.7 Å². The normalized spacial score (nSPS) is 13.3. The lowest BCUT2D eigenvalue weighted by Crippen LogP contribution is -2.35. The van der Waals surface area contributed by atoms with Gasteiger partial charge in [0.05, 0.1) is 26.8 Å². The molecule has 0 atom stereocenters. The minimum Gasteiger partial charge on any atom is -0.321 e. The number of rotatable bonds is 5. The molecule has 0 saturated carbocycles. The average molecular weight is 452 g/mol. The fourth-order valence-electron chi connectivity index (χ4n) is 3.82. The van der Waals surface area contributed by atoms with Crippen molar-refractivity contribution in [2.24, 2.45) is 0 Å². The van der Waals surface area contributed by atoms with Crippen LogP contribution in [0.4, 0.5) is 17.1 Å². The van der Waals surface area contributed by atoms with Gasteiger partial charge >= 0.3 is 0 Å². The number of benzene rings is 3. The Morgan fingerprint density at radius 3 is 2.59 bits per heavy atom. The Morgan fingerprint density at radius 1 is 1.06 bits per heavy atom. The van der Waals surface area contributed by atoms with Crippen molar-refractivity contribution in [2.45, 2.75) is 24.7 Å². The van der Waals surface area contributed by atoms with Crippen LogP contribution < -0.4 is 9.62 Å². The fraction of sp³-hybridized carbons (Fsp3) is 0.174. The van der Waals surface area contributed by atoms with Gasteiger partial charge in [0.15, 0.2) is 0 Å². The second-order valence-corrected chi connectivity index (χ2v) is 9.36. The van der Waals surface area contributed by atoms with Crippen LogP contribution in [0.15, 0.2) is 71.6 Å². The Bertz CT molecular complexity index is 1320. The molecule has 1 N–H and O–H groups in total. The highest BCUT2D eigenvalue weighted by molar-refractivity contribution is 7.92. The van der Waals surface area contributed by atoms with E-state index in [2.05, 4.69) is 5.32 Å². The molecule has 3 aromatic carbocycles.